The Bertz CT molecular complexity index is 888. The average molecular weight is 390 g/mol. The third kappa shape index (κ3) is 4.22. The van der Waals surface area contributed by atoms with Gasteiger partial charge in [0, 0.05) is 0 Å². The summed E-state index contributed by atoms with van der Waals surface area (Å²) in [5, 5.41) is 3.14. The maximum Gasteiger partial charge on any atom is 0.387 e. The van der Waals surface area contributed by atoms with Crippen LogP contribution in [0.4, 0.5) is 14.5 Å². The van der Waals surface area contributed by atoms with Crippen LogP contribution in [0.25, 0.3) is 6.08 Å². The molecule has 1 heterocycles. The minimum absolute atomic E-state index is 0.0684. The number of nitrogens with zero attached hydrogens (tertiary/aromatic N) is 1. The smallest absolute Gasteiger partial charge is 0.387 e. The molecule has 0 atom stereocenters. The second-order valence-corrected chi connectivity index (χ2v) is 5.87. The van der Waals surface area contributed by atoms with Gasteiger partial charge in [-0.2, -0.15) is 8.78 Å². The number of hydrogen-bond acceptors (Lipinski definition) is 4. The van der Waals surface area contributed by atoms with Crippen LogP contribution in [-0.2, 0) is 4.79 Å². The topological polar surface area (TPSA) is 50.8 Å². The molecule has 0 unspecified atom stereocenters. The summed E-state index contributed by atoms with van der Waals surface area (Å²) in [5.41, 5.74) is 1.50. The van der Waals surface area contributed by atoms with Gasteiger partial charge < -0.3 is 14.8 Å². The summed E-state index contributed by atoms with van der Waals surface area (Å²) in [7, 11) is 0. The highest BCUT2D eigenvalue weighted by molar-refractivity contribution is 7.80. The summed E-state index contributed by atoms with van der Waals surface area (Å²) in [6, 6.07) is 13.5. The molecule has 0 bridgehead atoms. The van der Waals surface area contributed by atoms with Gasteiger partial charge in [0.2, 0.25) is 0 Å². The highest BCUT2D eigenvalue weighted by Crippen LogP contribution is 2.31. The lowest BCUT2D eigenvalue weighted by molar-refractivity contribution is -0.113. The Balaban J connectivity index is 1.89. The number of hydrogen-bond donors (Lipinski definition) is 1. The van der Waals surface area contributed by atoms with Crippen LogP contribution in [0, 0.1) is 0 Å². The van der Waals surface area contributed by atoms with Crippen LogP contribution in [0.5, 0.6) is 11.5 Å². The number of thiocarbonyl (C=S) groups is 1. The summed E-state index contributed by atoms with van der Waals surface area (Å²) in [6.45, 7) is -0.943. The van der Waals surface area contributed by atoms with Gasteiger partial charge >= 0.3 is 6.61 Å². The molecule has 0 radical (unpaired) electrons. The second kappa shape index (κ2) is 8.13. The predicted molar refractivity (Wildman–Crippen MR) is 102 cm³/mol. The lowest BCUT2D eigenvalue weighted by atomic mass is 10.1. The zero-order valence-corrected chi connectivity index (χ0v) is 15.1. The van der Waals surface area contributed by atoms with E-state index in [2.05, 4.69) is 10.1 Å². The third-order valence-corrected chi connectivity index (χ3v) is 3.97. The number of para-hydroxylation sites is 1. The van der Waals surface area contributed by atoms with Gasteiger partial charge in [-0.15, -0.1) is 0 Å². The zero-order chi connectivity index (χ0) is 19.4. The van der Waals surface area contributed by atoms with Crippen molar-refractivity contribution < 1.29 is 23.0 Å². The molecule has 1 amide bonds. The Labute approximate surface area is 160 Å². The van der Waals surface area contributed by atoms with E-state index in [-0.39, 0.29) is 34.8 Å². The first-order valence-corrected chi connectivity index (χ1v) is 8.54. The van der Waals surface area contributed by atoms with E-state index in [1.54, 1.807) is 31.2 Å². The molecule has 1 saturated heterocycles. The normalized spacial score (nSPS) is 15.4. The molecular formula is C19H16F2N2O3S. The van der Waals surface area contributed by atoms with Crippen molar-refractivity contribution in [2.45, 2.75) is 13.5 Å². The largest absolute Gasteiger partial charge is 0.490 e. The van der Waals surface area contributed by atoms with E-state index in [1.165, 1.54) is 17.0 Å². The Morgan fingerprint density at radius 2 is 1.93 bits per heavy atom. The van der Waals surface area contributed by atoms with E-state index >= 15 is 0 Å². The fraction of sp³-hybridized carbons (Fsp3) is 0.158. The van der Waals surface area contributed by atoms with E-state index in [0.717, 1.165) is 0 Å². The number of nitrogens with one attached hydrogen (secondary N) is 1. The van der Waals surface area contributed by atoms with Crippen molar-refractivity contribution in [3.63, 3.8) is 0 Å². The van der Waals surface area contributed by atoms with Crippen molar-refractivity contribution in [3.05, 3.63) is 59.8 Å². The second-order valence-electron chi connectivity index (χ2n) is 5.48. The molecule has 1 fully saturated rings. The van der Waals surface area contributed by atoms with Gasteiger partial charge in [-0.25, -0.2) is 0 Å². The summed E-state index contributed by atoms with van der Waals surface area (Å²) in [4.78, 5) is 14.1. The van der Waals surface area contributed by atoms with Crippen molar-refractivity contribution in [1.29, 1.82) is 0 Å². The minimum atomic E-state index is -2.96. The lowest BCUT2D eigenvalue weighted by Crippen LogP contribution is -2.30. The Kier molecular flexibility index (Phi) is 5.66. The standard InChI is InChI=1S/C19H16F2N2O3S/c1-2-25-16-11-12(8-9-15(16)26-18(20)21)10-14-17(24)23(19(27)22-14)13-6-4-3-5-7-13/h3-11,18H,2H2,1H3,(H,22,27)/b14-10-. The molecule has 2 aromatic carbocycles. The van der Waals surface area contributed by atoms with Gasteiger partial charge in [0.15, 0.2) is 16.6 Å². The predicted octanol–water partition coefficient (Wildman–Crippen LogP) is 3.95. The molecule has 0 saturated carbocycles. The molecule has 1 N–H and O–H groups in total. The molecule has 1 aliphatic heterocycles. The van der Waals surface area contributed by atoms with Gasteiger partial charge in [0.1, 0.15) is 5.70 Å². The summed E-state index contributed by atoms with van der Waals surface area (Å²) in [6.07, 6.45) is 1.58. The summed E-state index contributed by atoms with van der Waals surface area (Å²) < 4.78 is 34.8. The molecule has 3 rings (SSSR count). The number of halogens is 2. The van der Waals surface area contributed by atoms with Crippen LogP contribution in [0.2, 0.25) is 0 Å². The van der Waals surface area contributed by atoms with E-state index in [1.807, 2.05) is 18.2 Å². The molecular weight excluding hydrogens is 374 g/mol. The molecule has 0 aromatic heterocycles. The number of alkyl halides is 2. The van der Waals surface area contributed by atoms with Crippen molar-refractivity contribution in [3.8, 4) is 11.5 Å². The summed E-state index contributed by atoms with van der Waals surface area (Å²) in [5.74, 6) is -0.210. The van der Waals surface area contributed by atoms with Crippen LogP contribution in [-0.4, -0.2) is 24.2 Å². The number of ether oxygens (including phenoxy) is 2. The SMILES string of the molecule is CCOc1cc(/C=C2\NC(=S)N(c3ccccc3)C2=O)ccc1OC(F)F. The molecule has 27 heavy (non-hydrogen) atoms. The summed E-state index contributed by atoms with van der Waals surface area (Å²) >= 11 is 5.25. The first-order chi connectivity index (χ1) is 13.0. The van der Waals surface area contributed by atoms with Crippen LogP contribution >= 0.6 is 12.2 Å². The highest BCUT2D eigenvalue weighted by atomic mass is 32.1. The number of amides is 1. The molecule has 0 aliphatic carbocycles. The van der Waals surface area contributed by atoms with Gasteiger partial charge in [-0.3, -0.25) is 9.69 Å². The van der Waals surface area contributed by atoms with Gasteiger partial charge in [-0.05, 0) is 55.0 Å². The first-order valence-electron chi connectivity index (χ1n) is 8.13. The van der Waals surface area contributed by atoms with Crippen molar-refractivity contribution >= 4 is 35.0 Å². The maximum atomic E-state index is 12.7. The number of carbonyl (C=O) groups excluding carboxylic acids is 1. The number of anilines is 1. The van der Waals surface area contributed by atoms with Crippen molar-refractivity contribution in [1.82, 2.24) is 5.32 Å². The van der Waals surface area contributed by atoms with E-state index in [0.29, 0.717) is 11.3 Å². The number of benzene rings is 2. The quantitative estimate of drug-likeness (QED) is 0.598. The lowest BCUT2D eigenvalue weighted by Gasteiger charge is -2.13. The first kappa shape index (κ1) is 18.8. The van der Waals surface area contributed by atoms with E-state index < -0.39 is 6.61 Å². The molecule has 5 nitrogen and oxygen atoms in total. The molecule has 2 aromatic rings. The average Bonchev–Trinajstić information content (AvgIpc) is 2.91. The van der Waals surface area contributed by atoms with Gasteiger partial charge in [0.25, 0.3) is 5.91 Å². The molecule has 0 spiro atoms. The van der Waals surface area contributed by atoms with E-state index in [4.69, 9.17) is 17.0 Å². The van der Waals surface area contributed by atoms with Gasteiger partial charge in [0.05, 0.1) is 12.3 Å². The van der Waals surface area contributed by atoms with Crippen LogP contribution in [0.15, 0.2) is 54.2 Å². The van der Waals surface area contributed by atoms with E-state index in [9.17, 15) is 13.6 Å². The fourth-order valence-corrected chi connectivity index (χ4v) is 2.89. The van der Waals surface area contributed by atoms with Crippen LogP contribution in [0.1, 0.15) is 12.5 Å². The third-order valence-electron chi connectivity index (χ3n) is 3.69. The van der Waals surface area contributed by atoms with Crippen LogP contribution < -0.4 is 19.7 Å². The Hall–Kier alpha value is -3.00. The zero-order valence-electron chi connectivity index (χ0n) is 14.3. The van der Waals surface area contributed by atoms with Gasteiger partial charge in [-0.1, -0.05) is 24.3 Å². The molecule has 1 aliphatic rings. The Morgan fingerprint density at radius 1 is 1.19 bits per heavy atom. The maximum absolute atomic E-state index is 12.7. The number of carbonyl (C=O) groups is 1. The van der Waals surface area contributed by atoms with Crippen LogP contribution in [0.3, 0.4) is 0 Å². The Morgan fingerprint density at radius 3 is 2.59 bits per heavy atom. The van der Waals surface area contributed by atoms with Crippen molar-refractivity contribution in [2.24, 2.45) is 0 Å². The highest BCUT2D eigenvalue weighted by Gasteiger charge is 2.31. The minimum Gasteiger partial charge on any atom is -0.490 e. The molecule has 140 valence electrons. The molecule has 8 heteroatoms. The fourth-order valence-electron chi connectivity index (χ4n) is 2.59. The monoisotopic (exact) mass is 390 g/mol. The van der Waals surface area contributed by atoms with Crippen molar-refractivity contribution in [2.75, 3.05) is 11.5 Å². The number of rotatable bonds is 6.